The number of carbonyl (C=O) groups is 1. The molecule has 4 rings (SSSR count). The van der Waals surface area contributed by atoms with Crippen LogP contribution in [0.3, 0.4) is 0 Å². The molecule has 0 bridgehead atoms. The number of hydrogen-bond donors (Lipinski definition) is 1. The second-order valence-corrected chi connectivity index (χ2v) is 7.61. The summed E-state index contributed by atoms with van der Waals surface area (Å²) < 4.78 is 1.70. The van der Waals surface area contributed by atoms with Crippen molar-refractivity contribution in [3.63, 3.8) is 0 Å². The molecule has 0 unspecified atom stereocenters. The highest BCUT2D eigenvalue weighted by Crippen LogP contribution is 2.28. The first-order chi connectivity index (χ1) is 14.0. The monoisotopic (exact) mass is 390 g/mol. The van der Waals surface area contributed by atoms with Crippen molar-refractivity contribution in [3.8, 4) is 0 Å². The van der Waals surface area contributed by atoms with Gasteiger partial charge < -0.3 is 10.2 Å². The molecule has 1 saturated heterocycles. The van der Waals surface area contributed by atoms with Gasteiger partial charge in [0, 0.05) is 43.6 Å². The first-order valence-electron chi connectivity index (χ1n) is 9.97. The smallest absolute Gasteiger partial charge is 0.257 e. The van der Waals surface area contributed by atoms with E-state index in [1.165, 1.54) is 0 Å². The molecular weight excluding hydrogens is 364 g/mol. The summed E-state index contributed by atoms with van der Waals surface area (Å²) in [5, 5.41) is 7.57. The molecule has 1 N–H and O–H groups in total. The van der Waals surface area contributed by atoms with E-state index in [1.807, 2.05) is 56.1 Å². The maximum atomic E-state index is 12.8. The molecule has 0 saturated carbocycles. The summed E-state index contributed by atoms with van der Waals surface area (Å²) in [4.78, 5) is 24.0. The lowest BCUT2D eigenvalue weighted by Crippen LogP contribution is -2.38. The molecule has 0 spiro atoms. The van der Waals surface area contributed by atoms with Crippen molar-refractivity contribution in [2.24, 2.45) is 7.05 Å². The van der Waals surface area contributed by atoms with Gasteiger partial charge in [0.25, 0.3) is 5.91 Å². The number of carbonyl (C=O) groups excluding carboxylic acids is 1. The second kappa shape index (κ2) is 8.03. The van der Waals surface area contributed by atoms with E-state index >= 15 is 0 Å². The van der Waals surface area contributed by atoms with Gasteiger partial charge >= 0.3 is 0 Å². The summed E-state index contributed by atoms with van der Waals surface area (Å²) in [6.45, 7) is 5.32. The minimum absolute atomic E-state index is 0.0722. The molecule has 3 aromatic heterocycles. The van der Waals surface area contributed by atoms with Crippen molar-refractivity contribution in [1.29, 1.82) is 0 Å². The maximum absolute atomic E-state index is 12.8. The van der Waals surface area contributed by atoms with E-state index in [2.05, 4.69) is 21.5 Å². The number of hydrogen-bond acceptors (Lipinski definition) is 5. The van der Waals surface area contributed by atoms with Gasteiger partial charge in [-0.15, -0.1) is 0 Å². The van der Waals surface area contributed by atoms with Gasteiger partial charge in [-0.05, 0) is 51.0 Å². The van der Waals surface area contributed by atoms with Gasteiger partial charge in [-0.1, -0.05) is 12.1 Å². The summed E-state index contributed by atoms with van der Waals surface area (Å²) in [5.74, 6) is 2.01. The lowest BCUT2D eigenvalue weighted by Gasteiger charge is -2.31. The fourth-order valence-electron chi connectivity index (χ4n) is 3.85. The number of nitrogens with one attached hydrogen (secondary N) is 1. The van der Waals surface area contributed by atoms with E-state index in [1.54, 1.807) is 10.9 Å². The molecule has 1 aliphatic rings. The number of aryl methyl sites for hydroxylation is 3. The molecule has 3 aromatic rings. The van der Waals surface area contributed by atoms with Gasteiger partial charge in [0.1, 0.15) is 11.6 Å². The van der Waals surface area contributed by atoms with E-state index in [0.29, 0.717) is 11.5 Å². The van der Waals surface area contributed by atoms with E-state index < -0.39 is 0 Å². The van der Waals surface area contributed by atoms with Gasteiger partial charge in [0.05, 0.1) is 11.3 Å². The first-order valence-corrected chi connectivity index (χ1v) is 9.97. The Bertz CT molecular complexity index is 1020. The van der Waals surface area contributed by atoms with Gasteiger partial charge in [0.15, 0.2) is 0 Å². The van der Waals surface area contributed by atoms with Crippen LogP contribution in [0.2, 0.25) is 0 Å². The van der Waals surface area contributed by atoms with Gasteiger partial charge in [-0.25, -0.2) is 9.97 Å². The summed E-state index contributed by atoms with van der Waals surface area (Å²) in [6.07, 6.45) is 3.62. The van der Waals surface area contributed by atoms with Gasteiger partial charge in [-0.3, -0.25) is 9.48 Å². The van der Waals surface area contributed by atoms with E-state index in [-0.39, 0.29) is 5.91 Å². The highest BCUT2D eigenvalue weighted by Gasteiger charge is 2.27. The SMILES string of the molecule is Cc1cccc(Nc2cccc(C3CCN(C(=O)c4cn(C)nc4C)CC3)n2)n1. The van der Waals surface area contributed by atoms with Crippen LogP contribution in [0.15, 0.2) is 42.6 Å². The van der Waals surface area contributed by atoms with Crippen molar-refractivity contribution in [3.05, 3.63) is 65.2 Å². The fraction of sp³-hybridized carbons (Fsp3) is 0.364. The predicted octanol–water partition coefficient (Wildman–Crippen LogP) is 3.59. The molecule has 150 valence electrons. The molecule has 4 heterocycles. The van der Waals surface area contributed by atoms with Gasteiger partial charge in [0.2, 0.25) is 0 Å². The number of amides is 1. The average molecular weight is 390 g/mol. The number of aromatic nitrogens is 4. The number of piperidine rings is 1. The normalized spacial score (nSPS) is 14.8. The first kappa shape index (κ1) is 19.1. The Morgan fingerprint density at radius 2 is 1.72 bits per heavy atom. The molecule has 1 amide bonds. The molecule has 0 aliphatic carbocycles. The number of pyridine rings is 2. The van der Waals surface area contributed by atoms with E-state index in [9.17, 15) is 4.79 Å². The summed E-state index contributed by atoms with van der Waals surface area (Å²) in [5.41, 5.74) is 3.50. The molecule has 0 aromatic carbocycles. The van der Waals surface area contributed by atoms with E-state index in [4.69, 9.17) is 4.98 Å². The zero-order valence-electron chi connectivity index (χ0n) is 17.1. The summed E-state index contributed by atoms with van der Waals surface area (Å²) in [7, 11) is 1.84. The number of rotatable bonds is 4. The Kier molecular flexibility index (Phi) is 5.29. The maximum Gasteiger partial charge on any atom is 0.257 e. The van der Waals surface area contributed by atoms with Crippen molar-refractivity contribution in [1.82, 2.24) is 24.6 Å². The van der Waals surface area contributed by atoms with Gasteiger partial charge in [-0.2, -0.15) is 5.10 Å². The number of anilines is 2. The summed E-state index contributed by atoms with van der Waals surface area (Å²) in [6, 6.07) is 11.9. The van der Waals surface area contributed by atoms with Crippen LogP contribution in [0.4, 0.5) is 11.6 Å². The third kappa shape index (κ3) is 4.29. The van der Waals surface area contributed by atoms with Crippen LogP contribution in [0, 0.1) is 13.8 Å². The molecule has 0 atom stereocenters. The highest BCUT2D eigenvalue weighted by molar-refractivity contribution is 5.95. The molecule has 7 nitrogen and oxygen atoms in total. The molecule has 1 aliphatic heterocycles. The van der Waals surface area contributed by atoms with Crippen LogP contribution in [-0.4, -0.2) is 43.6 Å². The Hall–Kier alpha value is -3.22. The minimum Gasteiger partial charge on any atom is -0.338 e. The van der Waals surface area contributed by atoms with Crippen molar-refractivity contribution in [2.75, 3.05) is 18.4 Å². The van der Waals surface area contributed by atoms with Crippen molar-refractivity contribution in [2.45, 2.75) is 32.6 Å². The van der Waals surface area contributed by atoms with Crippen LogP contribution < -0.4 is 5.32 Å². The lowest BCUT2D eigenvalue weighted by atomic mass is 9.92. The zero-order chi connectivity index (χ0) is 20.4. The lowest BCUT2D eigenvalue weighted by molar-refractivity contribution is 0.0711. The van der Waals surface area contributed by atoms with Crippen LogP contribution in [0.25, 0.3) is 0 Å². The van der Waals surface area contributed by atoms with Crippen LogP contribution in [-0.2, 0) is 7.05 Å². The predicted molar refractivity (Wildman–Crippen MR) is 112 cm³/mol. The molecule has 29 heavy (non-hydrogen) atoms. The van der Waals surface area contributed by atoms with Crippen LogP contribution in [0.5, 0.6) is 0 Å². The zero-order valence-corrected chi connectivity index (χ0v) is 17.1. The third-order valence-electron chi connectivity index (χ3n) is 5.36. The fourth-order valence-corrected chi connectivity index (χ4v) is 3.85. The Morgan fingerprint density at radius 1 is 1.03 bits per heavy atom. The largest absolute Gasteiger partial charge is 0.338 e. The van der Waals surface area contributed by atoms with Crippen LogP contribution in [0.1, 0.15) is 46.2 Å². The van der Waals surface area contributed by atoms with Crippen molar-refractivity contribution >= 4 is 17.5 Å². The highest BCUT2D eigenvalue weighted by atomic mass is 16.2. The number of nitrogens with zero attached hydrogens (tertiary/aromatic N) is 5. The average Bonchev–Trinajstić information content (AvgIpc) is 3.06. The molecule has 0 radical (unpaired) electrons. The Labute approximate surface area is 170 Å². The second-order valence-electron chi connectivity index (χ2n) is 7.61. The minimum atomic E-state index is 0.0722. The molecule has 1 fully saturated rings. The standard InChI is InChI=1S/C22H26N6O/c1-15-6-4-8-20(23-15)25-21-9-5-7-19(24-21)17-10-12-28(13-11-17)22(29)18-14-27(3)26-16(18)2/h4-9,14,17H,10-13H2,1-3H3,(H,23,24,25). The quantitative estimate of drug-likeness (QED) is 0.737. The molecular formula is C22H26N6O. The summed E-state index contributed by atoms with van der Waals surface area (Å²) >= 11 is 0. The number of likely N-dealkylation sites (tertiary alicyclic amines) is 1. The molecule has 7 heteroatoms. The van der Waals surface area contributed by atoms with Crippen LogP contribution >= 0.6 is 0 Å². The topological polar surface area (TPSA) is 75.9 Å². The Balaban J connectivity index is 1.41. The Morgan fingerprint density at radius 3 is 2.38 bits per heavy atom. The van der Waals surface area contributed by atoms with E-state index in [0.717, 1.165) is 54.6 Å². The van der Waals surface area contributed by atoms with Crippen molar-refractivity contribution < 1.29 is 4.79 Å². The third-order valence-corrected chi connectivity index (χ3v) is 5.36.